The highest BCUT2D eigenvalue weighted by Crippen LogP contribution is 2.11. The summed E-state index contributed by atoms with van der Waals surface area (Å²) in [5, 5.41) is 4.17. The van der Waals surface area contributed by atoms with Gasteiger partial charge in [-0.25, -0.2) is 5.43 Å². The Balaban J connectivity index is 2.14. The van der Waals surface area contributed by atoms with Crippen LogP contribution >= 0.6 is 15.9 Å². The van der Waals surface area contributed by atoms with E-state index in [9.17, 15) is 4.79 Å². The fourth-order valence-electron chi connectivity index (χ4n) is 2.38. The van der Waals surface area contributed by atoms with Crippen molar-refractivity contribution in [3.05, 3.63) is 34.3 Å². The van der Waals surface area contributed by atoms with Crippen LogP contribution in [0.5, 0.6) is 0 Å². The van der Waals surface area contributed by atoms with Gasteiger partial charge in [0.1, 0.15) is 0 Å². The van der Waals surface area contributed by atoms with Gasteiger partial charge in [0.25, 0.3) is 0 Å². The first kappa shape index (κ1) is 19.9. The Labute approximate surface area is 149 Å². The predicted octanol–water partition coefficient (Wildman–Crippen LogP) is 5.82. The van der Waals surface area contributed by atoms with E-state index in [2.05, 4.69) is 33.4 Å². The third kappa shape index (κ3) is 9.54. The van der Waals surface area contributed by atoms with Crippen LogP contribution in [0.1, 0.15) is 77.2 Å². The van der Waals surface area contributed by atoms with Gasteiger partial charge in [0.15, 0.2) is 0 Å². The number of benzene rings is 1. The molecular formula is C19H29BrN2O. The van der Waals surface area contributed by atoms with Crippen LogP contribution in [-0.4, -0.2) is 11.6 Å². The first-order valence-corrected chi connectivity index (χ1v) is 9.52. The molecule has 0 saturated heterocycles. The van der Waals surface area contributed by atoms with Gasteiger partial charge in [-0.15, -0.1) is 0 Å². The van der Waals surface area contributed by atoms with Gasteiger partial charge in [0.2, 0.25) is 5.91 Å². The monoisotopic (exact) mass is 380 g/mol. The van der Waals surface area contributed by atoms with Crippen molar-refractivity contribution >= 4 is 27.5 Å². The summed E-state index contributed by atoms with van der Waals surface area (Å²) in [7, 11) is 0. The molecule has 0 unspecified atom stereocenters. The minimum Gasteiger partial charge on any atom is -0.273 e. The second-order valence-corrected chi connectivity index (χ2v) is 6.88. The molecule has 128 valence electrons. The zero-order valence-corrected chi connectivity index (χ0v) is 16.0. The lowest BCUT2D eigenvalue weighted by atomic mass is 10.1. The van der Waals surface area contributed by atoms with Crippen LogP contribution in [0.25, 0.3) is 0 Å². The Bertz CT molecular complexity index is 483. The van der Waals surface area contributed by atoms with Gasteiger partial charge in [0, 0.05) is 10.9 Å². The van der Waals surface area contributed by atoms with Crippen molar-refractivity contribution in [2.45, 2.75) is 71.6 Å². The number of amides is 1. The highest BCUT2D eigenvalue weighted by Gasteiger charge is 2.02. The normalized spacial score (nSPS) is 11.5. The van der Waals surface area contributed by atoms with Crippen LogP contribution in [0.2, 0.25) is 0 Å². The molecule has 1 aromatic carbocycles. The minimum absolute atomic E-state index is 0.00689. The van der Waals surface area contributed by atoms with Crippen LogP contribution in [0.15, 0.2) is 33.8 Å². The fraction of sp³-hybridized carbons (Fsp3) is 0.579. The molecule has 0 saturated carbocycles. The van der Waals surface area contributed by atoms with Crippen LogP contribution in [0.3, 0.4) is 0 Å². The molecule has 1 aromatic rings. The van der Waals surface area contributed by atoms with Gasteiger partial charge < -0.3 is 0 Å². The van der Waals surface area contributed by atoms with Crippen LogP contribution < -0.4 is 5.43 Å². The number of hydrogen-bond donors (Lipinski definition) is 1. The number of nitrogens with one attached hydrogen (secondary N) is 1. The lowest BCUT2D eigenvalue weighted by Gasteiger charge is -2.04. The van der Waals surface area contributed by atoms with Gasteiger partial charge in [-0.2, -0.15) is 5.10 Å². The molecule has 0 heterocycles. The predicted molar refractivity (Wildman–Crippen MR) is 102 cm³/mol. The Hall–Kier alpha value is -1.16. The molecule has 0 aliphatic carbocycles. The number of carbonyl (C=O) groups is 1. The molecule has 3 nitrogen and oxygen atoms in total. The van der Waals surface area contributed by atoms with Gasteiger partial charge in [-0.1, -0.05) is 79.9 Å². The molecule has 0 aliphatic heterocycles. The molecule has 4 heteroatoms. The number of unbranched alkanes of at least 4 members (excludes halogenated alkanes) is 7. The average molecular weight is 381 g/mol. The van der Waals surface area contributed by atoms with Gasteiger partial charge in [0.05, 0.1) is 5.71 Å². The molecule has 0 radical (unpaired) electrons. The van der Waals surface area contributed by atoms with E-state index >= 15 is 0 Å². The summed E-state index contributed by atoms with van der Waals surface area (Å²) in [5.41, 5.74) is 4.49. The number of hydrogen-bond acceptors (Lipinski definition) is 2. The Morgan fingerprint density at radius 1 is 1.00 bits per heavy atom. The van der Waals surface area contributed by atoms with Crippen LogP contribution in [-0.2, 0) is 4.79 Å². The molecule has 23 heavy (non-hydrogen) atoms. The molecule has 0 atom stereocenters. The number of halogens is 1. The van der Waals surface area contributed by atoms with Crippen molar-refractivity contribution < 1.29 is 4.79 Å². The maximum absolute atomic E-state index is 11.8. The van der Waals surface area contributed by atoms with Crippen molar-refractivity contribution in [3.8, 4) is 0 Å². The molecule has 1 N–H and O–H groups in total. The third-order valence-electron chi connectivity index (χ3n) is 3.87. The molecule has 0 bridgehead atoms. The Morgan fingerprint density at radius 3 is 2.17 bits per heavy atom. The Morgan fingerprint density at radius 2 is 1.57 bits per heavy atom. The topological polar surface area (TPSA) is 41.5 Å². The average Bonchev–Trinajstić information content (AvgIpc) is 2.55. The van der Waals surface area contributed by atoms with E-state index in [1.807, 2.05) is 31.2 Å². The second kappa shape index (κ2) is 12.3. The molecule has 0 fully saturated rings. The van der Waals surface area contributed by atoms with Gasteiger partial charge in [-0.3, -0.25) is 4.79 Å². The van der Waals surface area contributed by atoms with Crippen molar-refractivity contribution in [2.24, 2.45) is 5.10 Å². The number of carbonyl (C=O) groups excluding carboxylic acids is 1. The molecular weight excluding hydrogens is 352 g/mol. The molecule has 0 aromatic heterocycles. The van der Waals surface area contributed by atoms with E-state index in [4.69, 9.17) is 0 Å². The van der Waals surface area contributed by atoms with Crippen molar-refractivity contribution in [1.82, 2.24) is 5.43 Å². The summed E-state index contributed by atoms with van der Waals surface area (Å²) >= 11 is 3.41. The first-order valence-electron chi connectivity index (χ1n) is 8.72. The standard InChI is InChI=1S/C19H29BrN2O/c1-3-4-5-6-7-8-9-10-11-19(23)22-21-16(2)17-12-14-18(20)15-13-17/h12-15H,3-11H2,1-2H3,(H,22,23)/b21-16+. The quantitative estimate of drug-likeness (QED) is 0.293. The van der Waals surface area contributed by atoms with Crippen LogP contribution in [0, 0.1) is 0 Å². The third-order valence-corrected chi connectivity index (χ3v) is 4.40. The molecule has 1 rings (SSSR count). The number of hydrazone groups is 1. The number of nitrogens with zero attached hydrogens (tertiary/aromatic N) is 1. The van der Waals surface area contributed by atoms with Crippen molar-refractivity contribution in [1.29, 1.82) is 0 Å². The molecule has 1 amide bonds. The Kier molecular flexibility index (Phi) is 10.6. The highest BCUT2D eigenvalue weighted by atomic mass is 79.9. The lowest BCUT2D eigenvalue weighted by Crippen LogP contribution is -2.18. The van der Waals surface area contributed by atoms with E-state index < -0.39 is 0 Å². The van der Waals surface area contributed by atoms with E-state index in [0.717, 1.165) is 28.6 Å². The van der Waals surface area contributed by atoms with E-state index in [1.165, 1.54) is 38.5 Å². The summed E-state index contributed by atoms with van der Waals surface area (Å²) in [5.74, 6) is 0.00689. The van der Waals surface area contributed by atoms with E-state index in [0.29, 0.717) is 6.42 Å². The largest absolute Gasteiger partial charge is 0.273 e. The smallest absolute Gasteiger partial charge is 0.240 e. The summed E-state index contributed by atoms with van der Waals surface area (Å²) in [6.45, 7) is 4.14. The summed E-state index contributed by atoms with van der Waals surface area (Å²) < 4.78 is 1.03. The maximum Gasteiger partial charge on any atom is 0.240 e. The minimum atomic E-state index is 0.00689. The van der Waals surface area contributed by atoms with Crippen LogP contribution in [0.4, 0.5) is 0 Å². The zero-order chi connectivity index (χ0) is 16.9. The summed E-state index contributed by atoms with van der Waals surface area (Å²) in [6.07, 6.45) is 10.5. The van der Waals surface area contributed by atoms with E-state index in [-0.39, 0.29) is 5.91 Å². The first-order chi connectivity index (χ1) is 11.1. The molecule has 0 aliphatic rings. The van der Waals surface area contributed by atoms with Crippen molar-refractivity contribution in [2.75, 3.05) is 0 Å². The second-order valence-electron chi connectivity index (χ2n) is 5.96. The van der Waals surface area contributed by atoms with Crippen molar-refractivity contribution in [3.63, 3.8) is 0 Å². The van der Waals surface area contributed by atoms with Gasteiger partial charge >= 0.3 is 0 Å². The van der Waals surface area contributed by atoms with E-state index in [1.54, 1.807) is 0 Å². The molecule has 0 spiro atoms. The summed E-state index contributed by atoms with van der Waals surface area (Å²) in [4.78, 5) is 11.8. The highest BCUT2D eigenvalue weighted by molar-refractivity contribution is 9.10. The lowest BCUT2D eigenvalue weighted by molar-refractivity contribution is -0.121. The zero-order valence-electron chi connectivity index (χ0n) is 14.4. The van der Waals surface area contributed by atoms with Gasteiger partial charge in [-0.05, 0) is 31.0 Å². The fourth-order valence-corrected chi connectivity index (χ4v) is 2.64. The SMILES string of the molecule is CCCCCCCCCCC(=O)N/N=C(\C)c1ccc(Br)cc1. The summed E-state index contributed by atoms with van der Waals surface area (Å²) in [6, 6.07) is 7.90. The number of rotatable bonds is 11. The maximum atomic E-state index is 11.8.